The lowest BCUT2D eigenvalue weighted by Gasteiger charge is -2.36. The fourth-order valence-electron chi connectivity index (χ4n) is 2.18. The lowest BCUT2D eigenvalue weighted by atomic mass is 10.1. The summed E-state index contributed by atoms with van der Waals surface area (Å²) in [6.07, 6.45) is 0. The van der Waals surface area contributed by atoms with Crippen LogP contribution in [-0.4, -0.2) is 48.3 Å². The molecule has 0 saturated carbocycles. The van der Waals surface area contributed by atoms with Gasteiger partial charge in [0.05, 0.1) is 30.8 Å². The number of nitrogens with zero attached hydrogens (tertiary/aromatic N) is 2. The van der Waals surface area contributed by atoms with E-state index in [-0.39, 0.29) is 36.2 Å². The average molecular weight is 281 g/mol. The Balaban J connectivity index is 2.47. The molecule has 1 aliphatic rings. The highest BCUT2D eigenvalue weighted by atomic mass is 16.6. The summed E-state index contributed by atoms with van der Waals surface area (Å²) < 4.78 is 5.24. The molecule has 2 rings (SSSR count). The summed E-state index contributed by atoms with van der Waals surface area (Å²) in [7, 11) is 0. The van der Waals surface area contributed by atoms with Crippen LogP contribution in [0.15, 0.2) is 18.2 Å². The van der Waals surface area contributed by atoms with Gasteiger partial charge in [-0.05, 0) is 12.1 Å². The van der Waals surface area contributed by atoms with Gasteiger partial charge >= 0.3 is 0 Å². The molecule has 1 aromatic rings. The van der Waals surface area contributed by atoms with E-state index in [9.17, 15) is 20.0 Å². The number of rotatable bonds is 4. The van der Waals surface area contributed by atoms with E-state index < -0.39 is 10.8 Å². The first kappa shape index (κ1) is 14.2. The molecule has 108 valence electrons. The van der Waals surface area contributed by atoms with Crippen LogP contribution in [0.1, 0.15) is 10.4 Å². The van der Waals surface area contributed by atoms with Crippen molar-refractivity contribution in [3.05, 3.63) is 33.9 Å². The Hall–Kier alpha value is -2.19. The monoisotopic (exact) mass is 281 g/mol. The van der Waals surface area contributed by atoms with Crippen LogP contribution in [-0.2, 0) is 4.74 Å². The van der Waals surface area contributed by atoms with Gasteiger partial charge in [-0.2, -0.15) is 0 Å². The molecule has 0 aliphatic carbocycles. The number of aliphatic hydroxyl groups excluding tert-OH is 1. The smallest absolute Gasteiger partial charge is 0.292 e. The molecule has 1 saturated heterocycles. The normalized spacial score (nSPS) is 18.9. The summed E-state index contributed by atoms with van der Waals surface area (Å²) >= 11 is 0. The first-order valence-corrected chi connectivity index (χ1v) is 6.08. The van der Waals surface area contributed by atoms with Gasteiger partial charge in [0.2, 0.25) is 5.91 Å². The molecule has 8 heteroatoms. The number of hydrogen-bond donors (Lipinski definition) is 2. The second kappa shape index (κ2) is 5.85. The van der Waals surface area contributed by atoms with Crippen molar-refractivity contribution in [1.82, 2.24) is 0 Å². The molecule has 1 aromatic carbocycles. The molecule has 0 radical (unpaired) electrons. The number of carbonyl (C=O) groups is 1. The zero-order valence-corrected chi connectivity index (χ0v) is 10.7. The van der Waals surface area contributed by atoms with Crippen LogP contribution >= 0.6 is 0 Å². The van der Waals surface area contributed by atoms with Crippen molar-refractivity contribution in [3.8, 4) is 0 Å². The first-order chi connectivity index (χ1) is 9.54. The third-order valence-corrected chi connectivity index (χ3v) is 3.20. The summed E-state index contributed by atoms with van der Waals surface area (Å²) in [5.74, 6) is -0.657. The topological polar surface area (TPSA) is 119 Å². The van der Waals surface area contributed by atoms with Crippen LogP contribution in [0.2, 0.25) is 0 Å². The largest absolute Gasteiger partial charge is 0.394 e. The number of carbonyl (C=O) groups excluding carboxylic acids is 1. The van der Waals surface area contributed by atoms with Crippen molar-refractivity contribution in [3.63, 3.8) is 0 Å². The molecule has 0 spiro atoms. The predicted octanol–water partition coefficient (Wildman–Crippen LogP) is -0.109. The third kappa shape index (κ3) is 2.70. The van der Waals surface area contributed by atoms with Gasteiger partial charge in [0.15, 0.2) is 0 Å². The molecule has 1 fully saturated rings. The summed E-state index contributed by atoms with van der Waals surface area (Å²) in [4.78, 5) is 23.5. The first-order valence-electron chi connectivity index (χ1n) is 6.08. The van der Waals surface area contributed by atoms with Crippen molar-refractivity contribution in [1.29, 1.82) is 0 Å². The summed E-state index contributed by atoms with van der Waals surface area (Å²) in [6, 6.07) is 3.57. The molecule has 20 heavy (non-hydrogen) atoms. The van der Waals surface area contributed by atoms with Gasteiger partial charge in [-0.1, -0.05) is 0 Å². The SMILES string of the molecule is NC(=O)c1ccc([N+](=O)[O-])c(N2CCOCC2CO)c1. The second-order valence-corrected chi connectivity index (χ2v) is 4.43. The van der Waals surface area contributed by atoms with E-state index in [1.807, 2.05) is 0 Å². The zero-order chi connectivity index (χ0) is 14.7. The van der Waals surface area contributed by atoms with E-state index in [1.54, 1.807) is 4.90 Å². The molecule has 3 N–H and O–H groups in total. The summed E-state index contributed by atoms with van der Waals surface area (Å²) in [6.45, 7) is 0.870. The van der Waals surface area contributed by atoms with E-state index in [0.29, 0.717) is 13.2 Å². The Morgan fingerprint density at radius 1 is 1.60 bits per heavy atom. The number of nitrogens with two attached hydrogens (primary N) is 1. The molecule has 1 atom stereocenters. The zero-order valence-electron chi connectivity index (χ0n) is 10.7. The minimum absolute atomic E-state index is 0.129. The number of morpholine rings is 1. The van der Waals surface area contributed by atoms with Crippen LogP contribution < -0.4 is 10.6 Å². The number of amides is 1. The summed E-state index contributed by atoms with van der Waals surface area (Å²) in [5.41, 5.74) is 5.54. The highest BCUT2D eigenvalue weighted by Gasteiger charge is 2.28. The molecule has 1 aliphatic heterocycles. The maximum Gasteiger partial charge on any atom is 0.292 e. The minimum Gasteiger partial charge on any atom is -0.394 e. The fraction of sp³-hybridized carbons (Fsp3) is 0.417. The minimum atomic E-state index is -0.657. The van der Waals surface area contributed by atoms with Gasteiger partial charge < -0.3 is 20.5 Å². The Morgan fingerprint density at radius 2 is 2.35 bits per heavy atom. The Labute approximate surface area is 114 Å². The van der Waals surface area contributed by atoms with E-state index in [4.69, 9.17) is 10.5 Å². The molecule has 1 unspecified atom stereocenters. The third-order valence-electron chi connectivity index (χ3n) is 3.20. The summed E-state index contributed by atoms with van der Waals surface area (Å²) in [5, 5.41) is 20.5. The van der Waals surface area contributed by atoms with Gasteiger partial charge in [-0.3, -0.25) is 14.9 Å². The molecule has 0 bridgehead atoms. The van der Waals surface area contributed by atoms with Crippen LogP contribution in [0, 0.1) is 10.1 Å². The van der Waals surface area contributed by atoms with Crippen molar-refractivity contribution in [2.75, 3.05) is 31.3 Å². The number of primary amides is 1. The number of ether oxygens (including phenoxy) is 1. The lowest BCUT2D eigenvalue weighted by Crippen LogP contribution is -2.48. The van der Waals surface area contributed by atoms with Crippen molar-refractivity contribution in [2.24, 2.45) is 5.73 Å². The van der Waals surface area contributed by atoms with Gasteiger partial charge in [0.1, 0.15) is 5.69 Å². The Bertz CT molecular complexity index is 534. The maximum absolute atomic E-state index is 11.2. The number of aliphatic hydroxyl groups is 1. The van der Waals surface area contributed by atoms with E-state index >= 15 is 0 Å². The van der Waals surface area contributed by atoms with Crippen LogP contribution in [0.3, 0.4) is 0 Å². The van der Waals surface area contributed by atoms with Crippen LogP contribution in [0.5, 0.6) is 0 Å². The predicted molar refractivity (Wildman–Crippen MR) is 70.7 cm³/mol. The van der Waals surface area contributed by atoms with Gasteiger partial charge in [-0.25, -0.2) is 0 Å². The second-order valence-electron chi connectivity index (χ2n) is 4.43. The van der Waals surface area contributed by atoms with E-state index in [2.05, 4.69) is 0 Å². The number of hydrogen-bond acceptors (Lipinski definition) is 6. The fourth-order valence-corrected chi connectivity index (χ4v) is 2.18. The van der Waals surface area contributed by atoms with Gasteiger partial charge in [-0.15, -0.1) is 0 Å². The lowest BCUT2D eigenvalue weighted by molar-refractivity contribution is -0.384. The molecule has 1 heterocycles. The van der Waals surface area contributed by atoms with Crippen molar-refractivity contribution < 1.29 is 19.6 Å². The molecule has 8 nitrogen and oxygen atoms in total. The van der Waals surface area contributed by atoms with Crippen molar-refractivity contribution >= 4 is 17.3 Å². The maximum atomic E-state index is 11.2. The molecular formula is C12H15N3O5. The molecule has 1 amide bonds. The van der Waals surface area contributed by atoms with Gasteiger partial charge in [0.25, 0.3) is 5.69 Å². The number of benzene rings is 1. The Kier molecular flexibility index (Phi) is 4.16. The molecular weight excluding hydrogens is 266 g/mol. The highest BCUT2D eigenvalue weighted by molar-refractivity contribution is 5.94. The number of anilines is 1. The molecule has 0 aromatic heterocycles. The van der Waals surface area contributed by atoms with Crippen LogP contribution in [0.25, 0.3) is 0 Å². The number of nitro benzene ring substituents is 1. The van der Waals surface area contributed by atoms with E-state index in [0.717, 1.165) is 0 Å². The standard InChI is InChI=1S/C12H15N3O5/c13-12(17)8-1-2-10(15(18)19)11(5-8)14-3-4-20-7-9(14)6-16/h1-2,5,9,16H,3-4,6-7H2,(H2,13,17). The van der Waals surface area contributed by atoms with E-state index in [1.165, 1.54) is 18.2 Å². The van der Waals surface area contributed by atoms with Gasteiger partial charge in [0, 0.05) is 18.2 Å². The van der Waals surface area contributed by atoms with Crippen molar-refractivity contribution in [2.45, 2.75) is 6.04 Å². The highest BCUT2D eigenvalue weighted by Crippen LogP contribution is 2.31. The van der Waals surface area contributed by atoms with Crippen LogP contribution in [0.4, 0.5) is 11.4 Å². The average Bonchev–Trinajstić information content (AvgIpc) is 2.46. The number of nitro groups is 1. The quantitative estimate of drug-likeness (QED) is 0.587. The Morgan fingerprint density at radius 3 is 2.95 bits per heavy atom.